The number of benzene rings is 1. The van der Waals surface area contributed by atoms with Gasteiger partial charge in [0.15, 0.2) is 0 Å². The van der Waals surface area contributed by atoms with Gasteiger partial charge in [-0.25, -0.2) is 4.79 Å². The summed E-state index contributed by atoms with van der Waals surface area (Å²) in [7, 11) is 0. The van der Waals surface area contributed by atoms with Gasteiger partial charge in [0.25, 0.3) is 0 Å². The molecule has 6 heteroatoms. The van der Waals surface area contributed by atoms with Crippen molar-refractivity contribution >= 4 is 17.8 Å². The largest absolute Gasteiger partial charge is 0.463 e. The number of ether oxygens (including phenoxy) is 1. The third-order valence-corrected chi connectivity index (χ3v) is 3.13. The maximum atomic E-state index is 12.8. The first-order valence-corrected chi connectivity index (χ1v) is 7.28. The number of ketones is 1. The Morgan fingerprint density at radius 1 is 1.26 bits per heavy atom. The van der Waals surface area contributed by atoms with Gasteiger partial charge in [0.05, 0.1) is 12.2 Å². The van der Waals surface area contributed by atoms with Gasteiger partial charge >= 0.3 is 12.1 Å². The second-order valence-electron chi connectivity index (χ2n) is 5.05. The smallest absolute Gasteiger partial charge is 0.416 e. The molecule has 3 nitrogen and oxygen atoms in total. The molecule has 1 aromatic rings. The number of hydrogen-bond acceptors (Lipinski definition) is 3. The second kappa shape index (κ2) is 8.50. The molecule has 0 N–H and O–H groups in total. The minimum atomic E-state index is -4.43. The SMILES string of the molecule is CCOC(=O)/C=C/c1ccc(C(F)(F)F)cc1CCCC(C)=O. The molecule has 0 bridgehead atoms. The highest BCUT2D eigenvalue weighted by molar-refractivity contribution is 5.87. The maximum Gasteiger partial charge on any atom is 0.416 e. The van der Waals surface area contributed by atoms with Crippen molar-refractivity contribution in [3.05, 3.63) is 41.0 Å². The number of carbonyl (C=O) groups excluding carboxylic acids is 2. The van der Waals surface area contributed by atoms with E-state index in [1.165, 1.54) is 25.1 Å². The van der Waals surface area contributed by atoms with E-state index in [1.807, 2.05) is 0 Å². The molecule has 0 radical (unpaired) electrons. The second-order valence-corrected chi connectivity index (χ2v) is 5.05. The van der Waals surface area contributed by atoms with Gasteiger partial charge in [0, 0.05) is 12.5 Å². The molecule has 0 spiro atoms. The van der Waals surface area contributed by atoms with Crippen LogP contribution in [0.5, 0.6) is 0 Å². The zero-order chi connectivity index (χ0) is 17.5. The van der Waals surface area contributed by atoms with Crippen LogP contribution in [0.15, 0.2) is 24.3 Å². The lowest BCUT2D eigenvalue weighted by molar-refractivity contribution is -0.138. The molecule has 0 unspecified atom stereocenters. The number of halogens is 3. The fourth-order valence-electron chi connectivity index (χ4n) is 2.04. The molecule has 0 aliphatic rings. The molecule has 0 saturated heterocycles. The van der Waals surface area contributed by atoms with Crippen molar-refractivity contribution in [2.45, 2.75) is 39.3 Å². The number of alkyl halides is 3. The normalized spacial score (nSPS) is 11.7. The summed E-state index contributed by atoms with van der Waals surface area (Å²) in [6, 6.07) is 3.35. The van der Waals surface area contributed by atoms with Crippen LogP contribution >= 0.6 is 0 Å². The Bertz CT molecular complexity index is 589. The van der Waals surface area contributed by atoms with Crippen molar-refractivity contribution in [1.82, 2.24) is 0 Å². The molecule has 0 saturated carbocycles. The lowest BCUT2D eigenvalue weighted by atomic mass is 9.98. The molecule has 0 aliphatic carbocycles. The number of esters is 1. The van der Waals surface area contributed by atoms with Crippen LogP contribution in [0, 0.1) is 0 Å². The lowest BCUT2D eigenvalue weighted by Crippen LogP contribution is -2.06. The Balaban J connectivity index is 3.02. The standard InChI is InChI=1S/C17H19F3O3/c1-3-23-16(22)10-8-13-7-9-15(17(18,19)20)11-14(13)6-4-5-12(2)21/h7-11H,3-6H2,1-2H3/b10-8+. The topological polar surface area (TPSA) is 43.4 Å². The van der Waals surface area contributed by atoms with Gasteiger partial charge in [0.1, 0.15) is 5.78 Å². The average molecular weight is 328 g/mol. The molecule has 126 valence electrons. The highest BCUT2D eigenvalue weighted by atomic mass is 19.4. The van der Waals surface area contributed by atoms with E-state index in [0.717, 1.165) is 12.1 Å². The van der Waals surface area contributed by atoms with E-state index < -0.39 is 17.7 Å². The zero-order valence-electron chi connectivity index (χ0n) is 13.1. The van der Waals surface area contributed by atoms with Gasteiger partial charge in [-0.2, -0.15) is 13.2 Å². The first kappa shape index (κ1) is 18.9. The summed E-state index contributed by atoms with van der Waals surface area (Å²) >= 11 is 0. The van der Waals surface area contributed by atoms with Gasteiger partial charge in [0.2, 0.25) is 0 Å². The van der Waals surface area contributed by atoms with Crippen LogP contribution in [-0.2, 0) is 26.9 Å². The van der Waals surface area contributed by atoms with Crippen molar-refractivity contribution in [3.63, 3.8) is 0 Å². The molecular formula is C17H19F3O3. The van der Waals surface area contributed by atoms with Crippen molar-refractivity contribution in [3.8, 4) is 0 Å². The molecule has 0 fully saturated rings. The van der Waals surface area contributed by atoms with Crippen molar-refractivity contribution < 1.29 is 27.5 Å². The molecule has 23 heavy (non-hydrogen) atoms. The van der Waals surface area contributed by atoms with E-state index in [0.29, 0.717) is 30.4 Å². The van der Waals surface area contributed by atoms with Crippen molar-refractivity contribution in [2.24, 2.45) is 0 Å². The Kier molecular flexibility index (Phi) is 7.00. The van der Waals surface area contributed by atoms with Crippen LogP contribution in [0.4, 0.5) is 13.2 Å². The van der Waals surface area contributed by atoms with Crippen molar-refractivity contribution in [2.75, 3.05) is 6.61 Å². The molecule has 1 rings (SSSR count). The fraction of sp³-hybridized carbons (Fsp3) is 0.412. The molecular weight excluding hydrogens is 309 g/mol. The molecule has 0 aromatic heterocycles. The quantitative estimate of drug-likeness (QED) is 0.557. The first-order valence-electron chi connectivity index (χ1n) is 7.28. The highest BCUT2D eigenvalue weighted by Crippen LogP contribution is 2.31. The van der Waals surface area contributed by atoms with Crippen LogP contribution in [0.25, 0.3) is 6.08 Å². The van der Waals surface area contributed by atoms with E-state index in [1.54, 1.807) is 6.92 Å². The van der Waals surface area contributed by atoms with Crippen LogP contribution in [0.2, 0.25) is 0 Å². The summed E-state index contributed by atoms with van der Waals surface area (Å²) in [6.45, 7) is 3.33. The van der Waals surface area contributed by atoms with Gasteiger partial charge < -0.3 is 9.53 Å². The van der Waals surface area contributed by atoms with Crippen LogP contribution in [0.1, 0.15) is 43.4 Å². The van der Waals surface area contributed by atoms with Crippen molar-refractivity contribution in [1.29, 1.82) is 0 Å². The zero-order valence-corrected chi connectivity index (χ0v) is 13.1. The van der Waals surface area contributed by atoms with E-state index in [9.17, 15) is 22.8 Å². The number of Topliss-reactive ketones (excluding diaryl/α,β-unsaturated/α-hetero) is 1. The monoisotopic (exact) mass is 328 g/mol. The Hall–Kier alpha value is -2.11. The van der Waals surface area contributed by atoms with Crippen LogP contribution < -0.4 is 0 Å². The maximum absolute atomic E-state index is 12.8. The molecule has 0 amide bonds. The number of hydrogen-bond donors (Lipinski definition) is 0. The third kappa shape index (κ3) is 6.67. The minimum absolute atomic E-state index is 0.0133. The van der Waals surface area contributed by atoms with E-state index in [2.05, 4.69) is 0 Å². The molecule has 0 atom stereocenters. The first-order chi connectivity index (χ1) is 10.7. The summed E-state index contributed by atoms with van der Waals surface area (Å²) in [6.07, 6.45) is -0.735. The summed E-state index contributed by atoms with van der Waals surface area (Å²) in [4.78, 5) is 22.3. The number of carbonyl (C=O) groups is 2. The summed E-state index contributed by atoms with van der Waals surface area (Å²) in [5, 5.41) is 0. The Morgan fingerprint density at radius 2 is 1.96 bits per heavy atom. The van der Waals surface area contributed by atoms with Crippen LogP contribution in [-0.4, -0.2) is 18.4 Å². The molecule has 0 aliphatic heterocycles. The summed E-state index contributed by atoms with van der Waals surface area (Å²) < 4.78 is 43.2. The van der Waals surface area contributed by atoms with Gasteiger partial charge in [-0.15, -0.1) is 0 Å². The lowest BCUT2D eigenvalue weighted by Gasteiger charge is -2.11. The average Bonchev–Trinajstić information content (AvgIpc) is 2.44. The van der Waals surface area contributed by atoms with E-state index in [4.69, 9.17) is 4.74 Å². The minimum Gasteiger partial charge on any atom is -0.463 e. The highest BCUT2D eigenvalue weighted by Gasteiger charge is 2.30. The molecule has 1 aromatic carbocycles. The fourth-order valence-corrected chi connectivity index (χ4v) is 2.04. The van der Waals surface area contributed by atoms with Gasteiger partial charge in [-0.1, -0.05) is 6.07 Å². The van der Waals surface area contributed by atoms with Crippen LogP contribution in [0.3, 0.4) is 0 Å². The van der Waals surface area contributed by atoms with Gasteiger partial charge in [-0.05, 0) is 56.0 Å². The van der Waals surface area contributed by atoms with Gasteiger partial charge in [-0.3, -0.25) is 0 Å². The predicted octanol–water partition coefficient (Wildman–Crippen LogP) is 4.19. The summed E-state index contributed by atoms with van der Waals surface area (Å²) in [5.74, 6) is -0.567. The number of aryl methyl sites for hydroxylation is 1. The van der Waals surface area contributed by atoms with E-state index >= 15 is 0 Å². The predicted molar refractivity (Wildman–Crippen MR) is 80.7 cm³/mol. The number of rotatable bonds is 7. The Labute approximate surface area is 133 Å². The Morgan fingerprint density at radius 3 is 2.52 bits per heavy atom. The molecule has 0 heterocycles. The summed E-state index contributed by atoms with van der Waals surface area (Å²) in [5.41, 5.74) is 0.208. The van der Waals surface area contributed by atoms with E-state index in [-0.39, 0.29) is 12.4 Å². The third-order valence-electron chi connectivity index (χ3n) is 3.13.